The monoisotopic (exact) mass is 200 g/mol. The Morgan fingerprint density at radius 2 is 1.57 bits per heavy atom. The van der Waals surface area contributed by atoms with E-state index in [4.69, 9.17) is 0 Å². The highest BCUT2D eigenvalue weighted by Crippen LogP contribution is 2.10. The van der Waals surface area contributed by atoms with E-state index in [0.29, 0.717) is 0 Å². The van der Waals surface area contributed by atoms with Crippen molar-refractivity contribution in [2.75, 3.05) is 33.7 Å². The minimum absolute atomic E-state index is 0.796. The molecule has 14 heavy (non-hydrogen) atoms. The Labute approximate surface area is 90.3 Å². The lowest BCUT2D eigenvalue weighted by Crippen LogP contribution is -2.35. The van der Waals surface area contributed by atoms with E-state index in [1.807, 2.05) is 0 Å². The maximum atomic E-state index is 2.58. The number of hydrogen-bond donors (Lipinski definition) is 0. The van der Waals surface area contributed by atoms with Crippen molar-refractivity contribution < 1.29 is 0 Å². The minimum atomic E-state index is 0.796. The van der Waals surface area contributed by atoms with Crippen LogP contribution in [0.2, 0.25) is 0 Å². The Kier molecular flexibility index (Phi) is 8.20. The molecule has 0 aromatic rings. The normalized spacial score (nSPS) is 13.9. The smallest absolute Gasteiger partial charge is 0.00928 e. The van der Waals surface area contributed by atoms with Crippen LogP contribution in [-0.4, -0.2) is 49.6 Å². The minimum Gasteiger partial charge on any atom is -0.309 e. The van der Waals surface area contributed by atoms with Crippen molar-refractivity contribution in [3.05, 3.63) is 0 Å². The van der Waals surface area contributed by atoms with Crippen LogP contribution >= 0.6 is 0 Å². The van der Waals surface area contributed by atoms with Gasteiger partial charge >= 0.3 is 0 Å². The van der Waals surface area contributed by atoms with E-state index in [2.05, 4.69) is 44.7 Å². The Hall–Kier alpha value is -0.0800. The van der Waals surface area contributed by atoms with Gasteiger partial charge in [0.25, 0.3) is 0 Å². The molecule has 2 heteroatoms. The van der Waals surface area contributed by atoms with Gasteiger partial charge in [0.15, 0.2) is 0 Å². The fourth-order valence-electron chi connectivity index (χ4n) is 2.03. The second kappa shape index (κ2) is 8.25. The van der Waals surface area contributed by atoms with Crippen LogP contribution in [0.25, 0.3) is 0 Å². The summed E-state index contributed by atoms with van der Waals surface area (Å²) in [6, 6.07) is 0.796. The summed E-state index contributed by atoms with van der Waals surface area (Å²) < 4.78 is 0. The van der Waals surface area contributed by atoms with Crippen molar-refractivity contribution in [1.29, 1.82) is 0 Å². The molecule has 1 atom stereocenters. The highest BCUT2D eigenvalue weighted by Gasteiger charge is 2.12. The third kappa shape index (κ3) is 5.61. The van der Waals surface area contributed by atoms with Crippen molar-refractivity contribution in [2.24, 2.45) is 0 Å². The van der Waals surface area contributed by atoms with Gasteiger partial charge in [-0.3, -0.25) is 0 Å². The van der Waals surface area contributed by atoms with E-state index >= 15 is 0 Å². The molecule has 0 spiro atoms. The van der Waals surface area contributed by atoms with Gasteiger partial charge in [-0.2, -0.15) is 0 Å². The van der Waals surface area contributed by atoms with Crippen LogP contribution < -0.4 is 0 Å². The maximum Gasteiger partial charge on any atom is 0.00928 e. The van der Waals surface area contributed by atoms with Crippen LogP contribution in [0.5, 0.6) is 0 Å². The molecule has 0 amide bonds. The summed E-state index contributed by atoms with van der Waals surface area (Å²) in [5.41, 5.74) is 0. The average Bonchev–Trinajstić information content (AvgIpc) is 2.16. The number of nitrogens with zero attached hydrogens (tertiary/aromatic N) is 2. The van der Waals surface area contributed by atoms with Gasteiger partial charge in [0, 0.05) is 6.04 Å². The predicted octanol–water partition coefficient (Wildman–Crippen LogP) is 2.45. The third-order valence-corrected chi connectivity index (χ3v) is 2.94. The van der Waals surface area contributed by atoms with Gasteiger partial charge < -0.3 is 9.80 Å². The van der Waals surface area contributed by atoms with E-state index < -0.39 is 0 Å². The largest absolute Gasteiger partial charge is 0.309 e. The molecule has 0 bridgehead atoms. The van der Waals surface area contributed by atoms with E-state index in [0.717, 1.165) is 6.04 Å². The topological polar surface area (TPSA) is 6.48 Å². The summed E-state index contributed by atoms with van der Waals surface area (Å²) in [7, 11) is 4.30. The highest BCUT2D eigenvalue weighted by molar-refractivity contribution is 4.68. The van der Waals surface area contributed by atoms with Gasteiger partial charge in [0.05, 0.1) is 0 Å². The molecule has 0 heterocycles. The van der Waals surface area contributed by atoms with Crippen LogP contribution in [0.1, 0.15) is 40.0 Å². The molecule has 0 saturated heterocycles. The molecule has 0 saturated carbocycles. The molecular weight excluding hydrogens is 172 g/mol. The van der Waals surface area contributed by atoms with Gasteiger partial charge in [0.1, 0.15) is 0 Å². The SMILES string of the molecule is CCC(CCCN(C)C)N(CC)CC. The second-order valence-corrected chi connectivity index (χ2v) is 4.23. The first-order chi connectivity index (χ1) is 6.65. The summed E-state index contributed by atoms with van der Waals surface area (Å²) in [5.74, 6) is 0. The van der Waals surface area contributed by atoms with Crippen LogP contribution in [0.15, 0.2) is 0 Å². The number of hydrogen-bond acceptors (Lipinski definition) is 2. The Bertz CT molecular complexity index is 119. The van der Waals surface area contributed by atoms with Crippen molar-refractivity contribution in [3.63, 3.8) is 0 Å². The lowest BCUT2D eigenvalue weighted by molar-refractivity contribution is 0.193. The zero-order valence-electron chi connectivity index (χ0n) is 10.7. The maximum absolute atomic E-state index is 2.58. The molecule has 0 aliphatic carbocycles. The molecule has 0 aliphatic heterocycles. The summed E-state index contributed by atoms with van der Waals surface area (Å²) >= 11 is 0. The van der Waals surface area contributed by atoms with Crippen molar-refractivity contribution in [2.45, 2.75) is 46.1 Å². The molecule has 0 fully saturated rings. The van der Waals surface area contributed by atoms with Gasteiger partial charge in [0.2, 0.25) is 0 Å². The second-order valence-electron chi connectivity index (χ2n) is 4.23. The Morgan fingerprint density at radius 1 is 1.00 bits per heavy atom. The Balaban J connectivity index is 3.77. The first-order valence-electron chi connectivity index (χ1n) is 6.04. The van der Waals surface area contributed by atoms with Crippen LogP contribution in [0.4, 0.5) is 0 Å². The highest BCUT2D eigenvalue weighted by atomic mass is 15.1. The summed E-state index contributed by atoms with van der Waals surface area (Å²) in [5, 5.41) is 0. The molecule has 86 valence electrons. The lowest BCUT2D eigenvalue weighted by atomic mass is 10.1. The summed E-state index contributed by atoms with van der Waals surface area (Å²) in [6.07, 6.45) is 3.95. The molecule has 1 unspecified atom stereocenters. The molecule has 0 aromatic heterocycles. The Morgan fingerprint density at radius 3 is 1.93 bits per heavy atom. The average molecular weight is 200 g/mol. The lowest BCUT2D eigenvalue weighted by Gasteiger charge is -2.29. The summed E-state index contributed by atoms with van der Waals surface area (Å²) in [4.78, 5) is 4.85. The fraction of sp³-hybridized carbons (Fsp3) is 1.00. The van der Waals surface area contributed by atoms with Crippen molar-refractivity contribution >= 4 is 0 Å². The first kappa shape index (κ1) is 13.9. The third-order valence-electron chi connectivity index (χ3n) is 2.94. The molecule has 2 nitrogen and oxygen atoms in total. The molecule has 0 aliphatic rings. The molecule has 0 radical (unpaired) electrons. The number of rotatable bonds is 8. The van der Waals surface area contributed by atoms with Gasteiger partial charge in [-0.25, -0.2) is 0 Å². The predicted molar refractivity (Wildman–Crippen MR) is 64.8 cm³/mol. The van der Waals surface area contributed by atoms with Gasteiger partial charge in [-0.1, -0.05) is 20.8 Å². The van der Waals surface area contributed by atoms with Crippen molar-refractivity contribution in [1.82, 2.24) is 9.80 Å². The van der Waals surface area contributed by atoms with E-state index in [1.54, 1.807) is 0 Å². The van der Waals surface area contributed by atoms with Crippen LogP contribution in [-0.2, 0) is 0 Å². The van der Waals surface area contributed by atoms with E-state index in [1.165, 1.54) is 38.9 Å². The van der Waals surface area contributed by atoms with Crippen LogP contribution in [0.3, 0.4) is 0 Å². The van der Waals surface area contributed by atoms with Gasteiger partial charge in [-0.15, -0.1) is 0 Å². The molecular formula is C12H28N2. The molecule has 0 aromatic carbocycles. The molecule has 0 rings (SSSR count). The molecule has 0 N–H and O–H groups in total. The van der Waals surface area contributed by atoms with E-state index in [9.17, 15) is 0 Å². The quantitative estimate of drug-likeness (QED) is 0.594. The standard InChI is InChI=1S/C12H28N2/c1-6-12(14(7-2)8-3)10-9-11-13(4)5/h12H,6-11H2,1-5H3. The van der Waals surface area contributed by atoms with Gasteiger partial charge in [-0.05, 0) is 53.0 Å². The first-order valence-corrected chi connectivity index (χ1v) is 6.04. The fourth-order valence-corrected chi connectivity index (χ4v) is 2.03. The zero-order chi connectivity index (χ0) is 11.0. The van der Waals surface area contributed by atoms with Crippen molar-refractivity contribution in [3.8, 4) is 0 Å². The van der Waals surface area contributed by atoms with E-state index in [-0.39, 0.29) is 0 Å². The summed E-state index contributed by atoms with van der Waals surface area (Å²) in [6.45, 7) is 10.4. The van der Waals surface area contributed by atoms with Crippen LogP contribution in [0, 0.1) is 0 Å². The zero-order valence-corrected chi connectivity index (χ0v) is 10.7.